The Hall–Kier alpha value is -2.55. The molecule has 0 spiro atoms. The predicted molar refractivity (Wildman–Crippen MR) is 103 cm³/mol. The van der Waals surface area contributed by atoms with Crippen molar-refractivity contribution in [2.75, 3.05) is 0 Å². The van der Waals surface area contributed by atoms with Crippen LogP contribution in [-0.4, -0.2) is 15.0 Å². The van der Waals surface area contributed by atoms with Crippen molar-refractivity contribution in [3.05, 3.63) is 77.1 Å². The van der Waals surface area contributed by atoms with Gasteiger partial charge in [-0.1, -0.05) is 69.3 Å². The molecule has 0 fully saturated rings. The van der Waals surface area contributed by atoms with E-state index in [1.165, 1.54) is 22.3 Å². The Morgan fingerprint density at radius 3 is 1.32 bits per heavy atom. The number of benzene rings is 2. The van der Waals surface area contributed by atoms with Crippen LogP contribution in [0.5, 0.6) is 0 Å². The average Bonchev–Trinajstić information content (AvgIpc) is 3.06. The van der Waals surface area contributed by atoms with Gasteiger partial charge in [0.25, 0.3) is 0 Å². The first-order valence-electron chi connectivity index (χ1n) is 9.14. The van der Waals surface area contributed by atoms with Crippen LogP contribution in [-0.2, 0) is 25.7 Å². The largest absolute Gasteiger partial charge is 0.218 e. The normalized spacial score (nSPS) is 11.3. The van der Waals surface area contributed by atoms with Gasteiger partial charge in [0.15, 0.2) is 0 Å². The van der Waals surface area contributed by atoms with Crippen LogP contribution in [0.2, 0.25) is 0 Å². The zero-order valence-electron chi connectivity index (χ0n) is 15.3. The zero-order chi connectivity index (χ0) is 17.6. The quantitative estimate of drug-likeness (QED) is 0.540. The zero-order valence-corrected chi connectivity index (χ0v) is 15.3. The lowest BCUT2D eigenvalue weighted by atomic mass is 10.1. The van der Waals surface area contributed by atoms with E-state index in [4.69, 9.17) is 0 Å². The Kier molecular flexibility index (Phi) is 5.54. The fraction of sp³-hybridized carbons (Fsp3) is 0.318. The molecular weight excluding hydrogens is 306 g/mol. The molecule has 0 saturated heterocycles. The third kappa shape index (κ3) is 3.93. The van der Waals surface area contributed by atoms with Crippen molar-refractivity contribution < 1.29 is 0 Å². The minimum atomic E-state index is 0.891. The molecular formula is C22H25N3. The maximum absolute atomic E-state index is 4.30. The predicted octanol–water partition coefficient (Wildman–Crippen LogP) is 4.82. The first kappa shape index (κ1) is 17.3. The maximum Gasteiger partial charge on any atom is 0.132 e. The van der Waals surface area contributed by atoms with Gasteiger partial charge in [0.05, 0.1) is 0 Å². The Bertz CT molecular complexity index is 757. The number of aromatic nitrogens is 3. The van der Waals surface area contributed by atoms with Crippen LogP contribution in [0.3, 0.4) is 0 Å². The van der Waals surface area contributed by atoms with Crippen LogP contribution in [0.25, 0.3) is 11.1 Å². The minimum absolute atomic E-state index is 0.891. The third-order valence-electron chi connectivity index (χ3n) is 4.43. The van der Waals surface area contributed by atoms with Crippen molar-refractivity contribution in [1.82, 2.24) is 15.0 Å². The summed E-state index contributed by atoms with van der Waals surface area (Å²) in [7, 11) is 0. The molecule has 0 unspecified atom stereocenters. The molecule has 0 bridgehead atoms. The molecule has 1 heterocycles. The average molecular weight is 331 g/mol. The van der Waals surface area contributed by atoms with Crippen molar-refractivity contribution in [3.63, 3.8) is 0 Å². The smallest absolute Gasteiger partial charge is 0.132 e. The lowest BCUT2D eigenvalue weighted by Gasteiger charge is -2.01. The number of nitrogens with zero attached hydrogens (tertiary/aromatic N) is 3. The van der Waals surface area contributed by atoms with Crippen molar-refractivity contribution >= 4 is 0 Å². The fourth-order valence-corrected chi connectivity index (χ4v) is 3.08. The summed E-state index contributed by atoms with van der Waals surface area (Å²) in [6.45, 7) is 6.19. The summed E-state index contributed by atoms with van der Waals surface area (Å²) in [5, 5.41) is 0. The van der Waals surface area contributed by atoms with Gasteiger partial charge in [0, 0.05) is 19.3 Å². The van der Waals surface area contributed by atoms with Gasteiger partial charge in [-0.25, -0.2) is 15.0 Å². The molecule has 0 radical (unpaired) electrons. The van der Waals surface area contributed by atoms with E-state index in [1.54, 1.807) is 0 Å². The lowest BCUT2D eigenvalue weighted by molar-refractivity contribution is 0.772. The van der Waals surface area contributed by atoms with Gasteiger partial charge in [0.1, 0.15) is 17.5 Å². The van der Waals surface area contributed by atoms with E-state index in [1.807, 2.05) is 0 Å². The molecule has 2 aromatic carbocycles. The number of hydrogen-bond acceptors (Lipinski definition) is 3. The molecule has 1 aliphatic rings. The van der Waals surface area contributed by atoms with Crippen LogP contribution in [0.1, 0.15) is 49.4 Å². The Balaban J connectivity index is 0.000000147. The Morgan fingerprint density at radius 1 is 0.600 bits per heavy atom. The molecule has 25 heavy (non-hydrogen) atoms. The summed E-state index contributed by atoms with van der Waals surface area (Å²) >= 11 is 0. The number of fused-ring (bicyclic) bond motifs is 3. The van der Waals surface area contributed by atoms with E-state index in [0.717, 1.165) is 43.2 Å². The van der Waals surface area contributed by atoms with Crippen molar-refractivity contribution in [3.8, 4) is 11.1 Å². The van der Waals surface area contributed by atoms with E-state index in [0.29, 0.717) is 0 Å². The highest BCUT2D eigenvalue weighted by Gasteiger charge is 2.15. The second kappa shape index (κ2) is 8.02. The summed E-state index contributed by atoms with van der Waals surface area (Å²) in [4.78, 5) is 12.9. The van der Waals surface area contributed by atoms with Crippen molar-refractivity contribution in [2.24, 2.45) is 0 Å². The lowest BCUT2D eigenvalue weighted by Crippen LogP contribution is -2.05. The first-order valence-corrected chi connectivity index (χ1v) is 9.14. The second-order valence-corrected chi connectivity index (χ2v) is 6.14. The summed E-state index contributed by atoms with van der Waals surface area (Å²) in [6.07, 6.45) is 3.78. The molecule has 4 rings (SSSR count). The number of aryl methyl sites for hydroxylation is 3. The topological polar surface area (TPSA) is 38.7 Å². The van der Waals surface area contributed by atoms with E-state index in [2.05, 4.69) is 84.3 Å². The van der Waals surface area contributed by atoms with E-state index in [-0.39, 0.29) is 0 Å². The van der Waals surface area contributed by atoms with E-state index < -0.39 is 0 Å². The van der Waals surface area contributed by atoms with Crippen LogP contribution in [0, 0.1) is 0 Å². The molecule has 0 saturated carbocycles. The highest BCUT2D eigenvalue weighted by Crippen LogP contribution is 2.35. The van der Waals surface area contributed by atoms with Gasteiger partial charge in [0.2, 0.25) is 0 Å². The highest BCUT2D eigenvalue weighted by atomic mass is 15.0. The molecule has 0 aliphatic heterocycles. The number of rotatable bonds is 3. The molecule has 1 aliphatic carbocycles. The standard InChI is InChI=1S/C13H10.C9H15N3/c1-3-7-12-10(5-1)9-11-6-2-4-8-13(11)12;1-4-7-10-8(5-2)12-9(6-3)11-7/h1-8H,9H2;4-6H2,1-3H3. The molecule has 3 heteroatoms. The van der Waals surface area contributed by atoms with Gasteiger partial charge in [-0.15, -0.1) is 0 Å². The van der Waals surface area contributed by atoms with Gasteiger partial charge < -0.3 is 0 Å². The molecule has 0 N–H and O–H groups in total. The van der Waals surface area contributed by atoms with Crippen LogP contribution < -0.4 is 0 Å². The minimum Gasteiger partial charge on any atom is -0.218 e. The SMILES string of the molecule is CCc1nc(CC)nc(CC)n1.c1ccc2c(c1)Cc1ccccc1-2. The van der Waals surface area contributed by atoms with Crippen LogP contribution in [0.4, 0.5) is 0 Å². The van der Waals surface area contributed by atoms with E-state index in [9.17, 15) is 0 Å². The fourth-order valence-electron chi connectivity index (χ4n) is 3.08. The summed E-state index contributed by atoms with van der Waals surface area (Å²) in [5.74, 6) is 2.75. The monoisotopic (exact) mass is 331 g/mol. The Labute approximate surface area is 150 Å². The van der Waals surface area contributed by atoms with Gasteiger partial charge in [-0.2, -0.15) is 0 Å². The molecule has 0 amide bonds. The molecule has 3 aromatic rings. The van der Waals surface area contributed by atoms with Crippen LogP contribution in [0.15, 0.2) is 48.5 Å². The second-order valence-electron chi connectivity index (χ2n) is 6.14. The van der Waals surface area contributed by atoms with Crippen LogP contribution >= 0.6 is 0 Å². The van der Waals surface area contributed by atoms with Gasteiger partial charge in [-0.3, -0.25) is 0 Å². The summed E-state index contributed by atoms with van der Waals surface area (Å²) in [5.41, 5.74) is 5.75. The maximum atomic E-state index is 4.30. The first-order chi connectivity index (χ1) is 12.2. The van der Waals surface area contributed by atoms with Gasteiger partial charge >= 0.3 is 0 Å². The highest BCUT2D eigenvalue weighted by molar-refractivity contribution is 5.76. The molecule has 0 atom stereocenters. The summed E-state index contributed by atoms with van der Waals surface area (Å²) in [6, 6.07) is 17.3. The summed E-state index contributed by atoms with van der Waals surface area (Å²) < 4.78 is 0. The van der Waals surface area contributed by atoms with Crippen molar-refractivity contribution in [1.29, 1.82) is 0 Å². The van der Waals surface area contributed by atoms with Crippen molar-refractivity contribution in [2.45, 2.75) is 46.5 Å². The van der Waals surface area contributed by atoms with Gasteiger partial charge in [-0.05, 0) is 28.7 Å². The molecule has 1 aromatic heterocycles. The van der Waals surface area contributed by atoms with E-state index >= 15 is 0 Å². The molecule has 3 nitrogen and oxygen atoms in total. The third-order valence-corrected chi connectivity index (χ3v) is 4.43. The molecule has 128 valence electrons. The Morgan fingerprint density at radius 2 is 0.960 bits per heavy atom. The number of hydrogen-bond donors (Lipinski definition) is 0.